The fraction of sp³-hybridized carbons (Fsp3) is 0.320. The highest BCUT2D eigenvalue weighted by atomic mass is 19.4. The van der Waals surface area contributed by atoms with Gasteiger partial charge in [-0.15, -0.1) is 5.10 Å². The summed E-state index contributed by atoms with van der Waals surface area (Å²) >= 11 is 0. The van der Waals surface area contributed by atoms with Gasteiger partial charge in [0.2, 0.25) is 11.8 Å². The molecule has 4 rings (SSSR count). The Bertz CT molecular complexity index is 1310. The molecule has 2 aromatic carbocycles. The van der Waals surface area contributed by atoms with Crippen molar-refractivity contribution in [1.82, 2.24) is 15.1 Å². The first-order valence-corrected chi connectivity index (χ1v) is 11.4. The molecule has 0 saturated carbocycles. The Hall–Kier alpha value is -3.87. The summed E-state index contributed by atoms with van der Waals surface area (Å²) in [6.07, 6.45) is -11.3. The summed E-state index contributed by atoms with van der Waals surface area (Å²) in [6.45, 7) is -0.827. The maximum atomic E-state index is 13.2. The minimum absolute atomic E-state index is 0.0366. The fourth-order valence-corrected chi connectivity index (χ4v) is 3.81. The van der Waals surface area contributed by atoms with Gasteiger partial charge in [0.1, 0.15) is 0 Å². The Morgan fingerprint density at radius 1 is 1.05 bits per heavy atom. The van der Waals surface area contributed by atoms with Gasteiger partial charge in [0.25, 0.3) is 5.60 Å². The first kappa shape index (κ1) is 27.2. The quantitative estimate of drug-likeness (QED) is 0.413. The summed E-state index contributed by atoms with van der Waals surface area (Å²) in [7, 11) is 0. The molecule has 1 aliphatic rings. The first-order chi connectivity index (χ1) is 17.8. The summed E-state index contributed by atoms with van der Waals surface area (Å²) in [6, 6.07) is 16.0. The van der Waals surface area contributed by atoms with Crippen molar-refractivity contribution >= 4 is 17.6 Å². The van der Waals surface area contributed by atoms with Crippen molar-refractivity contribution in [3.05, 3.63) is 66.2 Å². The summed E-state index contributed by atoms with van der Waals surface area (Å²) in [4.78, 5) is 24.0. The van der Waals surface area contributed by atoms with Gasteiger partial charge in [0.05, 0.1) is 23.9 Å². The second-order valence-electron chi connectivity index (χ2n) is 8.87. The molecule has 7 nitrogen and oxygen atoms in total. The predicted molar refractivity (Wildman–Crippen MR) is 124 cm³/mol. The maximum absolute atomic E-state index is 13.2. The van der Waals surface area contributed by atoms with Gasteiger partial charge in [-0.1, -0.05) is 36.4 Å². The third-order valence-corrected chi connectivity index (χ3v) is 6.14. The van der Waals surface area contributed by atoms with Crippen molar-refractivity contribution in [3.8, 4) is 16.9 Å². The van der Waals surface area contributed by atoms with Crippen LogP contribution in [-0.2, 0) is 20.9 Å². The normalized spacial score (nSPS) is 16.4. The van der Waals surface area contributed by atoms with Gasteiger partial charge < -0.3 is 15.4 Å². The molecular formula is C25H22F6N4O3. The number of hydrogen-bond acceptors (Lipinski definition) is 4. The van der Waals surface area contributed by atoms with Gasteiger partial charge in [-0.25, -0.2) is 4.68 Å². The number of benzene rings is 2. The van der Waals surface area contributed by atoms with Crippen LogP contribution in [0.15, 0.2) is 60.7 Å². The van der Waals surface area contributed by atoms with Gasteiger partial charge in [-0.2, -0.15) is 26.3 Å². The lowest BCUT2D eigenvalue weighted by molar-refractivity contribution is -0.377. The van der Waals surface area contributed by atoms with Gasteiger partial charge in [0, 0.05) is 24.6 Å². The Morgan fingerprint density at radius 3 is 2.34 bits per heavy atom. The van der Waals surface area contributed by atoms with E-state index in [-0.39, 0.29) is 37.2 Å². The number of carbonyl (C=O) groups excluding carboxylic acids is 2. The van der Waals surface area contributed by atoms with Crippen LogP contribution >= 0.6 is 0 Å². The minimum Gasteiger partial charge on any atom is -0.355 e. The molecule has 0 aliphatic carbocycles. The molecule has 1 aromatic heterocycles. The monoisotopic (exact) mass is 540 g/mol. The van der Waals surface area contributed by atoms with E-state index in [0.717, 1.165) is 0 Å². The second-order valence-corrected chi connectivity index (χ2v) is 8.87. The smallest absolute Gasteiger partial charge is 0.355 e. The van der Waals surface area contributed by atoms with E-state index in [2.05, 4.69) is 20.5 Å². The van der Waals surface area contributed by atoms with Crippen molar-refractivity contribution in [1.29, 1.82) is 0 Å². The van der Waals surface area contributed by atoms with Crippen LogP contribution in [0.1, 0.15) is 18.9 Å². The van der Waals surface area contributed by atoms with Crippen LogP contribution in [0.5, 0.6) is 0 Å². The van der Waals surface area contributed by atoms with E-state index in [1.54, 1.807) is 36.4 Å². The number of nitrogens with one attached hydrogen (secondary N) is 2. The lowest BCUT2D eigenvalue weighted by atomic mass is 10.0. The SMILES string of the molecule is CC(OCc1cccc(-c2cc(NC(=O)[C@@H]3CNC(=O)C3)nn2-c2ccccc2)c1)(C(F)(F)F)C(F)(F)F. The van der Waals surface area contributed by atoms with Gasteiger partial charge in [0.15, 0.2) is 5.82 Å². The number of para-hydroxylation sites is 1. The minimum atomic E-state index is -5.68. The van der Waals surface area contributed by atoms with Crippen LogP contribution in [0.4, 0.5) is 32.2 Å². The van der Waals surface area contributed by atoms with Crippen LogP contribution < -0.4 is 10.6 Å². The number of carbonyl (C=O) groups is 2. The van der Waals surface area contributed by atoms with E-state index in [9.17, 15) is 35.9 Å². The zero-order valence-corrected chi connectivity index (χ0v) is 19.9. The largest absolute Gasteiger partial charge is 0.426 e. The highest BCUT2D eigenvalue weighted by molar-refractivity contribution is 5.97. The molecule has 38 heavy (non-hydrogen) atoms. The molecule has 1 aliphatic heterocycles. The molecule has 1 fully saturated rings. The molecule has 202 valence electrons. The Kier molecular flexibility index (Phi) is 7.24. The lowest BCUT2D eigenvalue weighted by Crippen LogP contribution is -2.56. The van der Waals surface area contributed by atoms with Crippen LogP contribution in [0.25, 0.3) is 16.9 Å². The highest BCUT2D eigenvalue weighted by Crippen LogP contribution is 2.46. The van der Waals surface area contributed by atoms with Crippen molar-refractivity contribution in [2.75, 3.05) is 11.9 Å². The Morgan fingerprint density at radius 2 is 1.74 bits per heavy atom. The van der Waals surface area contributed by atoms with Gasteiger partial charge in [-0.05, 0) is 30.7 Å². The first-order valence-electron chi connectivity index (χ1n) is 11.4. The van der Waals surface area contributed by atoms with Crippen molar-refractivity contribution < 1.29 is 40.7 Å². The number of hydrogen-bond donors (Lipinski definition) is 2. The van der Waals surface area contributed by atoms with E-state index < -0.39 is 36.4 Å². The van der Waals surface area contributed by atoms with Crippen LogP contribution in [-0.4, -0.2) is 46.1 Å². The van der Waals surface area contributed by atoms with E-state index in [1.165, 1.54) is 28.9 Å². The zero-order chi connectivity index (χ0) is 27.7. The van der Waals surface area contributed by atoms with Crippen LogP contribution in [0.3, 0.4) is 0 Å². The van der Waals surface area contributed by atoms with E-state index in [1.807, 2.05) is 0 Å². The highest BCUT2D eigenvalue weighted by Gasteiger charge is 2.69. The molecule has 0 spiro atoms. The average molecular weight is 540 g/mol. The van der Waals surface area contributed by atoms with E-state index in [0.29, 0.717) is 16.9 Å². The molecule has 2 heterocycles. The topological polar surface area (TPSA) is 85.2 Å². The van der Waals surface area contributed by atoms with Crippen molar-refractivity contribution in [2.24, 2.45) is 5.92 Å². The summed E-state index contributed by atoms with van der Waals surface area (Å²) in [5, 5.41) is 9.65. The molecule has 13 heteroatoms. The van der Waals surface area contributed by atoms with Crippen molar-refractivity contribution in [2.45, 2.75) is 37.9 Å². The number of rotatable bonds is 7. The lowest BCUT2D eigenvalue weighted by Gasteiger charge is -2.33. The Balaban J connectivity index is 1.64. The zero-order valence-electron chi connectivity index (χ0n) is 19.9. The number of nitrogens with zero attached hydrogens (tertiary/aromatic N) is 2. The number of anilines is 1. The molecule has 0 unspecified atom stereocenters. The molecule has 0 radical (unpaired) electrons. The summed E-state index contributed by atoms with van der Waals surface area (Å²) in [5.74, 6) is -1.10. The van der Waals surface area contributed by atoms with Gasteiger partial charge in [-0.3, -0.25) is 9.59 Å². The third-order valence-electron chi connectivity index (χ3n) is 6.14. The van der Waals surface area contributed by atoms with Crippen LogP contribution in [0.2, 0.25) is 0 Å². The molecule has 2 amide bonds. The summed E-state index contributed by atoms with van der Waals surface area (Å²) in [5.41, 5.74) is -2.89. The van der Waals surface area contributed by atoms with E-state index >= 15 is 0 Å². The average Bonchev–Trinajstić information content (AvgIpc) is 3.48. The fourth-order valence-electron chi connectivity index (χ4n) is 3.81. The van der Waals surface area contributed by atoms with Crippen LogP contribution in [0, 0.1) is 5.92 Å². The van der Waals surface area contributed by atoms with Crippen molar-refractivity contribution in [3.63, 3.8) is 0 Å². The predicted octanol–water partition coefficient (Wildman–Crippen LogP) is 5.01. The Labute approximate surface area is 212 Å². The molecule has 1 saturated heterocycles. The molecular weight excluding hydrogens is 518 g/mol. The number of halogens is 6. The maximum Gasteiger partial charge on any atom is 0.426 e. The molecule has 3 aromatic rings. The molecule has 1 atom stereocenters. The van der Waals surface area contributed by atoms with E-state index in [4.69, 9.17) is 0 Å². The summed E-state index contributed by atoms with van der Waals surface area (Å²) < 4.78 is 85.2. The standard InChI is InChI=1S/C25H22F6N4O3/c1-23(24(26,27)28,25(29,30)31)38-14-15-6-5-7-16(10-15)19-12-20(33-22(37)17-11-21(36)32-13-17)34-35(19)18-8-3-2-4-9-18/h2-10,12,17H,11,13-14H2,1H3,(H,32,36)(H,33,34,37)/t17-/m0/s1. The van der Waals surface area contributed by atoms with Gasteiger partial charge >= 0.3 is 12.4 Å². The molecule has 0 bridgehead atoms. The number of aromatic nitrogens is 2. The molecule has 2 N–H and O–H groups in total. The number of alkyl halides is 6. The second kappa shape index (κ2) is 10.1. The number of amides is 2. The third kappa shape index (κ3) is 5.52. The number of ether oxygens (including phenoxy) is 1.